The Kier molecular flexibility index (Phi) is 3.07. The Hall–Kier alpha value is -2.10. The maximum atomic E-state index is 11.8. The van der Waals surface area contributed by atoms with Gasteiger partial charge in [0.05, 0.1) is 0 Å². The number of fused-ring (bicyclic) bond motifs is 1. The zero-order valence-electron chi connectivity index (χ0n) is 10.8. The normalized spacial score (nSPS) is 14.3. The monoisotopic (exact) mass is 257 g/mol. The molecule has 0 bridgehead atoms. The van der Waals surface area contributed by atoms with Gasteiger partial charge in [-0.1, -0.05) is 17.3 Å². The topological polar surface area (TPSA) is 52.3 Å². The zero-order chi connectivity index (χ0) is 13.2. The van der Waals surface area contributed by atoms with E-state index in [1.165, 1.54) is 0 Å². The van der Waals surface area contributed by atoms with Crippen molar-refractivity contribution in [1.29, 1.82) is 0 Å². The second kappa shape index (κ2) is 4.88. The van der Waals surface area contributed by atoms with Crippen LogP contribution in [0, 0.1) is 6.92 Å². The van der Waals surface area contributed by atoms with Crippen molar-refractivity contribution in [3.8, 4) is 5.75 Å². The number of aromatic nitrogens is 1. The van der Waals surface area contributed by atoms with Crippen LogP contribution in [0.2, 0.25) is 0 Å². The fraction of sp³-hybridized carbons (Fsp3) is 0.333. The molecule has 0 amide bonds. The molecule has 4 heteroatoms. The number of aryl methyl sites for hydroxylation is 1. The first kappa shape index (κ1) is 12.0. The molecule has 1 aromatic carbocycles. The SMILES string of the molecule is Cc1cc(COc2cccc3c2CCCC3=O)no1. The molecule has 0 spiro atoms. The number of rotatable bonds is 3. The molecular weight excluding hydrogens is 242 g/mol. The zero-order valence-corrected chi connectivity index (χ0v) is 10.8. The molecule has 1 aliphatic rings. The van der Waals surface area contributed by atoms with Crippen LogP contribution in [-0.4, -0.2) is 10.9 Å². The minimum atomic E-state index is 0.212. The number of benzene rings is 1. The molecule has 0 fully saturated rings. The number of hydrogen-bond acceptors (Lipinski definition) is 4. The van der Waals surface area contributed by atoms with Crippen LogP contribution in [0.15, 0.2) is 28.8 Å². The van der Waals surface area contributed by atoms with Crippen LogP contribution < -0.4 is 4.74 Å². The summed E-state index contributed by atoms with van der Waals surface area (Å²) in [5.74, 6) is 1.76. The van der Waals surface area contributed by atoms with E-state index >= 15 is 0 Å². The molecule has 0 atom stereocenters. The van der Waals surface area contributed by atoms with E-state index in [2.05, 4.69) is 5.16 Å². The second-order valence-corrected chi connectivity index (χ2v) is 4.78. The van der Waals surface area contributed by atoms with Crippen LogP contribution in [0.3, 0.4) is 0 Å². The maximum Gasteiger partial charge on any atom is 0.163 e. The van der Waals surface area contributed by atoms with Crippen LogP contribution in [0.5, 0.6) is 5.75 Å². The summed E-state index contributed by atoms with van der Waals surface area (Å²) in [4.78, 5) is 11.8. The van der Waals surface area contributed by atoms with Gasteiger partial charge in [0.2, 0.25) is 0 Å². The van der Waals surface area contributed by atoms with Crippen molar-refractivity contribution in [3.63, 3.8) is 0 Å². The van der Waals surface area contributed by atoms with Gasteiger partial charge in [0.15, 0.2) is 5.78 Å². The number of Topliss-reactive ketones (excluding diaryl/α,β-unsaturated/α-hetero) is 1. The van der Waals surface area contributed by atoms with Crippen LogP contribution in [-0.2, 0) is 13.0 Å². The Morgan fingerprint density at radius 1 is 1.37 bits per heavy atom. The summed E-state index contributed by atoms with van der Waals surface area (Å²) >= 11 is 0. The van der Waals surface area contributed by atoms with E-state index < -0.39 is 0 Å². The number of ketones is 1. The third-order valence-electron chi connectivity index (χ3n) is 3.32. The fourth-order valence-electron chi connectivity index (χ4n) is 2.42. The van der Waals surface area contributed by atoms with Crippen molar-refractivity contribution >= 4 is 5.78 Å². The molecule has 0 aliphatic heterocycles. The summed E-state index contributed by atoms with van der Waals surface area (Å²) in [5.41, 5.74) is 2.59. The third kappa shape index (κ3) is 2.38. The maximum absolute atomic E-state index is 11.8. The highest BCUT2D eigenvalue weighted by Crippen LogP contribution is 2.30. The van der Waals surface area contributed by atoms with Crippen LogP contribution >= 0.6 is 0 Å². The molecule has 0 unspecified atom stereocenters. The van der Waals surface area contributed by atoms with Gasteiger partial charge in [-0.25, -0.2) is 0 Å². The Labute approximate surface area is 111 Å². The van der Waals surface area contributed by atoms with Crippen LogP contribution in [0.4, 0.5) is 0 Å². The summed E-state index contributed by atoms with van der Waals surface area (Å²) in [6.07, 6.45) is 2.43. The van der Waals surface area contributed by atoms with E-state index in [0.29, 0.717) is 13.0 Å². The highest BCUT2D eigenvalue weighted by Gasteiger charge is 2.20. The minimum absolute atomic E-state index is 0.212. The quantitative estimate of drug-likeness (QED) is 0.847. The Balaban J connectivity index is 1.81. The lowest BCUT2D eigenvalue weighted by atomic mass is 9.90. The van der Waals surface area contributed by atoms with Crippen molar-refractivity contribution in [2.24, 2.45) is 0 Å². The predicted octanol–water partition coefficient (Wildman–Crippen LogP) is 3.08. The summed E-state index contributed by atoms with van der Waals surface area (Å²) < 4.78 is 10.8. The molecule has 0 N–H and O–H groups in total. The molecule has 98 valence electrons. The van der Waals surface area contributed by atoms with E-state index in [9.17, 15) is 4.79 Å². The first-order chi connectivity index (χ1) is 9.24. The van der Waals surface area contributed by atoms with Crippen LogP contribution in [0.1, 0.15) is 40.2 Å². The van der Waals surface area contributed by atoms with Gasteiger partial charge in [-0.05, 0) is 25.8 Å². The lowest BCUT2D eigenvalue weighted by Gasteiger charge is -2.18. The highest BCUT2D eigenvalue weighted by molar-refractivity contribution is 5.99. The predicted molar refractivity (Wildman–Crippen MR) is 69.3 cm³/mol. The molecule has 1 aliphatic carbocycles. The lowest BCUT2D eigenvalue weighted by Crippen LogP contribution is -2.12. The van der Waals surface area contributed by atoms with E-state index in [-0.39, 0.29) is 5.78 Å². The molecule has 2 aromatic rings. The number of carbonyl (C=O) groups excluding carboxylic acids is 1. The smallest absolute Gasteiger partial charge is 0.163 e. The van der Waals surface area contributed by atoms with Gasteiger partial charge >= 0.3 is 0 Å². The molecule has 1 aromatic heterocycles. The van der Waals surface area contributed by atoms with Gasteiger partial charge < -0.3 is 9.26 Å². The number of nitrogens with zero attached hydrogens (tertiary/aromatic N) is 1. The molecule has 19 heavy (non-hydrogen) atoms. The van der Waals surface area contributed by atoms with Gasteiger partial charge in [-0.15, -0.1) is 0 Å². The summed E-state index contributed by atoms with van der Waals surface area (Å²) in [7, 11) is 0. The lowest BCUT2D eigenvalue weighted by molar-refractivity contribution is 0.0971. The van der Waals surface area contributed by atoms with E-state index in [1.807, 2.05) is 31.2 Å². The van der Waals surface area contributed by atoms with Crippen molar-refractivity contribution in [2.75, 3.05) is 0 Å². The fourth-order valence-corrected chi connectivity index (χ4v) is 2.42. The van der Waals surface area contributed by atoms with E-state index in [0.717, 1.165) is 41.2 Å². The Morgan fingerprint density at radius 2 is 2.26 bits per heavy atom. The van der Waals surface area contributed by atoms with Crippen molar-refractivity contribution in [2.45, 2.75) is 32.8 Å². The summed E-state index contributed by atoms with van der Waals surface area (Å²) in [6, 6.07) is 7.50. The van der Waals surface area contributed by atoms with Gasteiger partial charge in [-0.2, -0.15) is 0 Å². The number of hydrogen-bond donors (Lipinski definition) is 0. The average molecular weight is 257 g/mol. The third-order valence-corrected chi connectivity index (χ3v) is 3.32. The molecule has 4 nitrogen and oxygen atoms in total. The summed E-state index contributed by atoms with van der Waals surface area (Å²) in [5, 5.41) is 3.89. The number of ether oxygens (including phenoxy) is 1. The molecule has 0 saturated heterocycles. The first-order valence-corrected chi connectivity index (χ1v) is 6.44. The molecular formula is C15H15NO3. The number of carbonyl (C=O) groups is 1. The van der Waals surface area contributed by atoms with Crippen LogP contribution in [0.25, 0.3) is 0 Å². The van der Waals surface area contributed by atoms with Gasteiger partial charge in [0, 0.05) is 23.6 Å². The molecule has 3 rings (SSSR count). The van der Waals surface area contributed by atoms with Crippen molar-refractivity contribution in [3.05, 3.63) is 46.8 Å². The van der Waals surface area contributed by atoms with Crippen molar-refractivity contribution < 1.29 is 14.1 Å². The minimum Gasteiger partial charge on any atom is -0.487 e. The van der Waals surface area contributed by atoms with Crippen molar-refractivity contribution in [1.82, 2.24) is 5.16 Å². The molecule has 0 radical (unpaired) electrons. The standard InChI is InChI=1S/C15H15NO3/c1-10-8-11(16-19-10)9-18-15-7-3-4-12-13(15)5-2-6-14(12)17/h3-4,7-8H,2,5-6,9H2,1H3. The Morgan fingerprint density at radius 3 is 3.05 bits per heavy atom. The molecule has 1 heterocycles. The highest BCUT2D eigenvalue weighted by atomic mass is 16.5. The van der Waals surface area contributed by atoms with E-state index in [4.69, 9.17) is 9.26 Å². The molecule has 0 saturated carbocycles. The average Bonchev–Trinajstić information content (AvgIpc) is 2.83. The summed E-state index contributed by atoms with van der Waals surface area (Å²) in [6.45, 7) is 2.21. The van der Waals surface area contributed by atoms with Gasteiger partial charge in [-0.3, -0.25) is 4.79 Å². The second-order valence-electron chi connectivity index (χ2n) is 4.78. The first-order valence-electron chi connectivity index (χ1n) is 6.44. The van der Waals surface area contributed by atoms with Gasteiger partial charge in [0.1, 0.15) is 23.8 Å². The van der Waals surface area contributed by atoms with E-state index in [1.54, 1.807) is 0 Å². The van der Waals surface area contributed by atoms with Gasteiger partial charge in [0.25, 0.3) is 0 Å². The largest absolute Gasteiger partial charge is 0.487 e. The Bertz CT molecular complexity index is 616.